The predicted octanol–water partition coefficient (Wildman–Crippen LogP) is 8.17. The number of esters is 1. The maximum absolute atomic E-state index is 12.7. The SMILES string of the molecule is C=CCCCc1ccc(Cc2ccc(OC(=O)c3ccc(C(C)(C)CC=C)cc3)cc2C)cc1. The molecular weight excluding hydrogens is 416 g/mol. The first-order valence-corrected chi connectivity index (χ1v) is 12.0. The molecule has 0 fully saturated rings. The van der Waals surface area contributed by atoms with Crippen LogP contribution < -0.4 is 4.74 Å². The summed E-state index contributed by atoms with van der Waals surface area (Å²) < 4.78 is 5.66. The molecule has 176 valence electrons. The quantitative estimate of drug-likeness (QED) is 0.127. The van der Waals surface area contributed by atoms with Gasteiger partial charge in [-0.3, -0.25) is 0 Å². The number of aryl methyl sites for hydroxylation is 2. The van der Waals surface area contributed by atoms with Crippen LogP contribution in [0.5, 0.6) is 5.75 Å². The number of ether oxygens (including phenoxy) is 1. The Labute approximate surface area is 205 Å². The molecule has 0 aliphatic heterocycles. The van der Waals surface area contributed by atoms with Gasteiger partial charge in [0.15, 0.2) is 0 Å². The lowest BCUT2D eigenvalue weighted by Gasteiger charge is -2.23. The second-order valence-electron chi connectivity index (χ2n) is 9.61. The van der Waals surface area contributed by atoms with Crippen LogP contribution in [0, 0.1) is 6.92 Å². The average Bonchev–Trinajstić information content (AvgIpc) is 2.82. The lowest BCUT2D eigenvalue weighted by Crippen LogP contribution is -2.16. The third-order valence-corrected chi connectivity index (χ3v) is 6.37. The van der Waals surface area contributed by atoms with Crippen molar-refractivity contribution in [3.8, 4) is 5.75 Å². The molecule has 3 rings (SSSR count). The molecule has 0 amide bonds. The topological polar surface area (TPSA) is 26.3 Å². The van der Waals surface area contributed by atoms with Gasteiger partial charge in [-0.1, -0.05) is 68.5 Å². The molecular formula is C32H36O2. The maximum atomic E-state index is 12.7. The van der Waals surface area contributed by atoms with E-state index in [2.05, 4.69) is 64.3 Å². The van der Waals surface area contributed by atoms with Crippen LogP contribution in [0.1, 0.15) is 71.3 Å². The van der Waals surface area contributed by atoms with Gasteiger partial charge in [0.05, 0.1) is 5.56 Å². The summed E-state index contributed by atoms with van der Waals surface area (Å²) in [5.41, 5.74) is 6.70. The molecule has 3 aromatic carbocycles. The van der Waals surface area contributed by atoms with E-state index in [-0.39, 0.29) is 11.4 Å². The molecule has 0 unspecified atom stereocenters. The summed E-state index contributed by atoms with van der Waals surface area (Å²) in [5, 5.41) is 0. The van der Waals surface area contributed by atoms with Crippen molar-refractivity contribution in [2.75, 3.05) is 0 Å². The van der Waals surface area contributed by atoms with Gasteiger partial charge in [-0.25, -0.2) is 4.79 Å². The summed E-state index contributed by atoms with van der Waals surface area (Å²) in [6, 6.07) is 22.4. The van der Waals surface area contributed by atoms with Gasteiger partial charge in [0, 0.05) is 0 Å². The lowest BCUT2D eigenvalue weighted by atomic mass is 9.81. The van der Waals surface area contributed by atoms with Crippen molar-refractivity contribution in [3.05, 3.63) is 125 Å². The van der Waals surface area contributed by atoms with Crippen molar-refractivity contribution >= 4 is 5.97 Å². The summed E-state index contributed by atoms with van der Waals surface area (Å²) in [6.07, 6.45) is 8.91. The van der Waals surface area contributed by atoms with Gasteiger partial charge in [-0.15, -0.1) is 13.2 Å². The number of carbonyl (C=O) groups excluding carboxylic acids is 1. The smallest absolute Gasteiger partial charge is 0.343 e. The maximum Gasteiger partial charge on any atom is 0.343 e. The Balaban J connectivity index is 1.62. The molecule has 0 heterocycles. The number of allylic oxidation sites excluding steroid dienone is 2. The highest BCUT2D eigenvalue weighted by Gasteiger charge is 2.19. The van der Waals surface area contributed by atoms with Crippen molar-refractivity contribution in [2.24, 2.45) is 0 Å². The van der Waals surface area contributed by atoms with Crippen molar-refractivity contribution < 1.29 is 9.53 Å². The normalized spacial score (nSPS) is 11.1. The fourth-order valence-electron chi connectivity index (χ4n) is 4.13. The Morgan fingerprint density at radius 2 is 1.59 bits per heavy atom. The highest BCUT2D eigenvalue weighted by Crippen LogP contribution is 2.28. The van der Waals surface area contributed by atoms with Crippen LogP contribution in [0.3, 0.4) is 0 Å². The molecule has 0 atom stereocenters. The number of hydrogen-bond acceptors (Lipinski definition) is 2. The van der Waals surface area contributed by atoms with E-state index in [1.807, 2.05) is 48.6 Å². The number of hydrogen-bond donors (Lipinski definition) is 0. The average molecular weight is 453 g/mol. The van der Waals surface area contributed by atoms with E-state index in [0.717, 1.165) is 37.7 Å². The van der Waals surface area contributed by atoms with Crippen LogP contribution in [0.15, 0.2) is 92.0 Å². The Bertz CT molecular complexity index is 1120. The molecule has 0 radical (unpaired) electrons. The van der Waals surface area contributed by atoms with Crippen molar-refractivity contribution in [1.82, 2.24) is 0 Å². The van der Waals surface area contributed by atoms with E-state index in [1.165, 1.54) is 22.3 Å². The summed E-state index contributed by atoms with van der Waals surface area (Å²) in [5.74, 6) is 0.229. The molecule has 0 aliphatic carbocycles. The van der Waals surface area contributed by atoms with Gasteiger partial charge >= 0.3 is 5.97 Å². The molecule has 3 aromatic rings. The molecule has 2 nitrogen and oxygen atoms in total. The van der Waals surface area contributed by atoms with Crippen molar-refractivity contribution in [2.45, 2.75) is 58.3 Å². The highest BCUT2D eigenvalue weighted by molar-refractivity contribution is 5.91. The van der Waals surface area contributed by atoms with Gasteiger partial charge in [-0.05, 0) is 96.5 Å². The molecule has 0 bridgehead atoms. The van der Waals surface area contributed by atoms with Gasteiger partial charge in [0.25, 0.3) is 0 Å². The first kappa shape index (κ1) is 25.2. The Morgan fingerprint density at radius 1 is 0.912 bits per heavy atom. The Morgan fingerprint density at radius 3 is 2.21 bits per heavy atom. The van der Waals surface area contributed by atoms with E-state index >= 15 is 0 Å². The molecule has 2 heteroatoms. The van der Waals surface area contributed by atoms with Crippen molar-refractivity contribution in [3.63, 3.8) is 0 Å². The van der Waals surface area contributed by atoms with Crippen LogP contribution in [0.4, 0.5) is 0 Å². The fraction of sp³-hybridized carbons (Fsp3) is 0.281. The van der Waals surface area contributed by atoms with E-state index in [1.54, 1.807) is 0 Å². The van der Waals surface area contributed by atoms with Gasteiger partial charge in [0.1, 0.15) is 5.75 Å². The van der Waals surface area contributed by atoms with E-state index < -0.39 is 0 Å². The zero-order valence-corrected chi connectivity index (χ0v) is 20.8. The van der Waals surface area contributed by atoms with E-state index in [0.29, 0.717) is 11.3 Å². The number of benzene rings is 3. The third-order valence-electron chi connectivity index (χ3n) is 6.37. The number of carbonyl (C=O) groups is 1. The fourth-order valence-corrected chi connectivity index (χ4v) is 4.13. The third kappa shape index (κ3) is 6.81. The minimum atomic E-state index is -0.340. The van der Waals surface area contributed by atoms with E-state index in [9.17, 15) is 4.79 Å². The monoisotopic (exact) mass is 452 g/mol. The Kier molecular flexibility index (Phi) is 8.65. The first-order chi connectivity index (χ1) is 16.3. The molecule has 0 aromatic heterocycles. The lowest BCUT2D eigenvalue weighted by molar-refractivity contribution is 0.0734. The zero-order valence-electron chi connectivity index (χ0n) is 20.8. The van der Waals surface area contributed by atoms with Crippen molar-refractivity contribution in [1.29, 1.82) is 0 Å². The van der Waals surface area contributed by atoms with Gasteiger partial charge < -0.3 is 4.74 Å². The van der Waals surface area contributed by atoms with Gasteiger partial charge in [-0.2, -0.15) is 0 Å². The summed E-state index contributed by atoms with van der Waals surface area (Å²) in [4.78, 5) is 12.7. The van der Waals surface area contributed by atoms with Crippen LogP contribution in [0.25, 0.3) is 0 Å². The van der Waals surface area contributed by atoms with E-state index in [4.69, 9.17) is 4.74 Å². The highest BCUT2D eigenvalue weighted by atomic mass is 16.5. The summed E-state index contributed by atoms with van der Waals surface area (Å²) >= 11 is 0. The zero-order chi connectivity index (χ0) is 24.6. The minimum Gasteiger partial charge on any atom is -0.423 e. The first-order valence-electron chi connectivity index (χ1n) is 12.0. The second-order valence-corrected chi connectivity index (χ2v) is 9.61. The molecule has 0 spiro atoms. The largest absolute Gasteiger partial charge is 0.423 e. The minimum absolute atomic E-state index is 0.0110. The molecule has 0 saturated carbocycles. The summed E-state index contributed by atoms with van der Waals surface area (Å²) in [7, 11) is 0. The van der Waals surface area contributed by atoms with Gasteiger partial charge in [0.2, 0.25) is 0 Å². The van der Waals surface area contributed by atoms with Crippen LogP contribution in [-0.2, 0) is 18.3 Å². The van der Waals surface area contributed by atoms with Crippen LogP contribution >= 0.6 is 0 Å². The van der Waals surface area contributed by atoms with Crippen LogP contribution in [-0.4, -0.2) is 5.97 Å². The Hall–Kier alpha value is -3.39. The standard InChI is InChI=1S/C32H36O2/c1-6-8-9-10-25-11-13-26(14-12-25)23-28-17-20-30(22-24(28)3)34-31(33)27-15-18-29(19-16-27)32(4,5)21-7-2/h6-7,11-20,22H,1-2,8-10,21,23H2,3-5H3. The predicted molar refractivity (Wildman–Crippen MR) is 143 cm³/mol. The summed E-state index contributed by atoms with van der Waals surface area (Å²) in [6.45, 7) is 14.0. The number of unbranched alkanes of at least 4 members (excludes halogenated alkanes) is 1. The van der Waals surface area contributed by atoms with Crippen LogP contribution in [0.2, 0.25) is 0 Å². The second kappa shape index (κ2) is 11.7. The molecule has 0 saturated heterocycles. The molecule has 34 heavy (non-hydrogen) atoms. The molecule has 0 N–H and O–H groups in total. The number of rotatable bonds is 11. The molecule has 0 aliphatic rings.